The molecular weight excluding hydrogens is 383 g/mol. The van der Waals surface area contributed by atoms with Gasteiger partial charge in [-0.05, 0) is 58.8 Å². The van der Waals surface area contributed by atoms with Gasteiger partial charge in [-0.3, -0.25) is 0 Å². The Morgan fingerprint density at radius 3 is 2.47 bits per heavy atom. The Labute approximate surface area is 128 Å². The summed E-state index contributed by atoms with van der Waals surface area (Å²) in [6, 6.07) is 6.92. The smallest absolute Gasteiger partial charge is 0.131 e. The Morgan fingerprint density at radius 1 is 1.16 bits per heavy atom. The van der Waals surface area contributed by atoms with E-state index in [-0.39, 0.29) is 5.56 Å². The van der Waals surface area contributed by atoms with Crippen LogP contribution >= 0.6 is 34.2 Å². The maximum atomic E-state index is 13.8. The summed E-state index contributed by atoms with van der Waals surface area (Å²) in [5.74, 6) is -1.22. The zero-order valence-corrected chi connectivity index (χ0v) is 13.0. The number of hydrogen-bond donors (Lipinski definition) is 1. The highest BCUT2D eigenvalue weighted by Crippen LogP contribution is 2.28. The maximum Gasteiger partial charge on any atom is 0.131 e. The normalized spacial score (nSPS) is 12.5. The number of benzene rings is 2. The first kappa shape index (κ1) is 14.7. The van der Waals surface area contributed by atoms with Crippen molar-refractivity contribution in [3.8, 4) is 0 Å². The minimum atomic E-state index is -0.672. The van der Waals surface area contributed by atoms with Crippen LogP contribution in [0.5, 0.6) is 0 Å². The van der Waals surface area contributed by atoms with Crippen molar-refractivity contribution in [1.82, 2.24) is 0 Å². The summed E-state index contributed by atoms with van der Waals surface area (Å²) in [6.07, 6.45) is 0. The zero-order chi connectivity index (χ0) is 14.2. The third-order valence-corrected chi connectivity index (χ3v) is 4.49. The molecular formula is C14H11ClF2IN. The predicted octanol–water partition coefficient (Wildman–Crippen LogP) is 4.58. The highest BCUT2D eigenvalue weighted by Gasteiger charge is 2.16. The first-order valence-corrected chi connectivity index (χ1v) is 7.02. The second-order valence-electron chi connectivity index (χ2n) is 4.27. The molecule has 1 atom stereocenters. The van der Waals surface area contributed by atoms with Crippen LogP contribution in [0.1, 0.15) is 22.7 Å². The molecule has 0 fully saturated rings. The maximum absolute atomic E-state index is 13.8. The molecule has 0 aromatic heterocycles. The van der Waals surface area contributed by atoms with E-state index in [4.69, 9.17) is 17.3 Å². The fraction of sp³-hybridized carbons (Fsp3) is 0.143. The first-order chi connectivity index (χ1) is 8.90. The topological polar surface area (TPSA) is 26.0 Å². The number of halogens is 4. The van der Waals surface area contributed by atoms with Crippen LogP contribution in [-0.2, 0) is 0 Å². The summed E-state index contributed by atoms with van der Waals surface area (Å²) >= 11 is 8.12. The molecule has 0 aliphatic heterocycles. The van der Waals surface area contributed by atoms with Gasteiger partial charge in [0.05, 0.1) is 11.1 Å². The monoisotopic (exact) mass is 393 g/mol. The molecule has 0 radical (unpaired) electrons. The van der Waals surface area contributed by atoms with Crippen molar-refractivity contribution in [2.75, 3.05) is 0 Å². The molecule has 2 aromatic carbocycles. The molecule has 0 bridgehead atoms. The Kier molecular flexibility index (Phi) is 4.43. The molecule has 100 valence electrons. The van der Waals surface area contributed by atoms with Crippen LogP contribution in [0.2, 0.25) is 5.02 Å². The molecule has 2 aromatic rings. The molecule has 0 saturated carbocycles. The van der Waals surface area contributed by atoms with Gasteiger partial charge in [0.1, 0.15) is 11.6 Å². The predicted molar refractivity (Wildman–Crippen MR) is 81.3 cm³/mol. The van der Waals surface area contributed by atoms with Crippen LogP contribution in [-0.4, -0.2) is 0 Å². The highest BCUT2D eigenvalue weighted by atomic mass is 127. The Bertz CT molecular complexity index is 631. The van der Waals surface area contributed by atoms with Gasteiger partial charge < -0.3 is 5.73 Å². The second kappa shape index (κ2) is 5.73. The van der Waals surface area contributed by atoms with E-state index < -0.39 is 17.7 Å². The van der Waals surface area contributed by atoms with E-state index in [1.165, 1.54) is 6.07 Å². The average molecular weight is 394 g/mol. The van der Waals surface area contributed by atoms with Gasteiger partial charge in [-0.1, -0.05) is 17.7 Å². The summed E-state index contributed by atoms with van der Waals surface area (Å²) in [5.41, 5.74) is 7.35. The van der Waals surface area contributed by atoms with Crippen molar-refractivity contribution in [2.24, 2.45) is 5.73 Å². The van der Waals surface area contributed by atoms with Gasteiger partial charge in [-0.15, -0.1) is 0 Å². The zero-order valence-electron chi connectivity index (χ0n) is 10.1. The van der Waals surface area contributed by atoms with Crippen molar-refractivity contribution in [2.45, 2.75) is 13.0 Å². The molecule has 0 amide bonds. The summed E-state index contributed by atoms with van der Waals surface area (Å²) in [7, 11) is 0. The van der Waals surface area contributed by atoms with Gasteiger partial charge in [-0.2, -0.15) is 0 Å². The minimum absolute atomic E-state index is 0.260. The van der Waals surface area contributed by atoms with Crippen LogP contribution in [0.4, 0.5) is 8.78 Å². The molecule has 1 unspecified atom stereocenters. The lowest BCUT2D eigenvalue weighted by Crippen LogP contribution is -2.14. The molecule has 0 saturated heterocycles. The molecule has 5 heteroatoms. The largest absolute Gasteiger partial charge is 0.320 e. The molecule has 19 heavy (non-hydrogen) atoms. The third-order valence-electron chi connectivity index (χ3n) is 2.92. The lowest BCUT2D eigenvalue weighted by molar-refractivity contribution is 0.561. The minimum Gasteiger partial charge on any atom is -0.320 e. The Morgan fingerprint density at radius 2 is 1.84 bits per heavy atom. The average Bonchev–Trinajstić information content (AvgIpc) is 2.36. The van der Waals surface area contributed by atoms with Gasteiger partial charge in [-0.25, -0.2) is 8.78 Å². The number of rotatable bonds is 2. The highest BCUT2D eigenvalue weighted by molar-refractivity contribution is 14.1. The Balaban J connectivity index is 2.46. The van der Waals surface area contributed by atoms with Crippen molar-refractivity contribution >= 4 is 34.2 Å². The molecule has 0 aliphatic carbocycles. The van der Waals surface area contributed by atoms with Gasteiger partial charge >= 0.3 is 0 Å². The van der Waals surface area contributed by atoms with Crippen molar-refractivity contribution in [1.29, 1.82) is 0 Å². The van der Waals surface area contributed by atoms with Gasteiger partial charge in [0, 0.05) is 15.2 Å². The van der Waals surface area contributed by atoms with E-state index in [0.717, 1.165) is 9.64 Å². The first-order valence-electron chi connectivity index (χ1n) is 5.56. The molecule has 0 aliphatic rings. The van der Waals surface area contributed by atoms with Gasteiger partial charge in [0.15, 0.2) is 0 Å². The van der Waals surface area contributed by atoms with Crippen LogP contribution < -0.4 is 5.73 Å². The van der Waals surface area contributed by atoms with Crippen LogP contribution in [0, 0.1) is 22.1 Å². The Hall–Kier alpha value is -0.720. The van der Waals surface area contributed by atoms with Crippen LogP contribution in [0.3, 0.4) is 0 Å². The van der Waals surface area contributed by atoms with E-state index >= 15 is 0 Å². The van der Waals surface area contributed by atoms with Crippen LogP contribution in [0.15, 0.2) is 30.3 Å². The van der Waals surface area contributed by atoms with Gasteiger partial charge in [0.25, 0.3) is 0 Å². The van der Waals surface area contributed by atoms with Crippen molar-refractivity contribution < 1.29 is 8.78 Å². The standard InChI is InChI=1S/C14H11ClF2IN/c1-7-4-9(12(17)6-11(7)16)14(19)8-2-3-13(18)10(15)5-8/h2-6,14H,19H2,1H3. The third kappa shape index (κ3) is 3.07. The van der Waals surface area contributed by atoms with Gasteiger partial charge in [0.2, 0.25) is 0 Å². The second-order valence-corrected chi connectivity index (χ2v) is 5.84. The number of hydrogen-bond acceptors (Lipinski definition) is 1. The molecule has 1 nitrogen and oxygen atoms in total. The number of aryl methyl sites for hydroxylation is 1. The van der Waals surface area contributed by atoms with Crippen LogP contribution in [0.25, 0.3) is 0 Å². The molecule has 2 rings (SSSR count). The fourth-order valence-corrected chi connectivity index (χ4v) is 2.33. The van der Waals surface area contributed by atoms with E-state index in [1.807, 2.05) is 6.07 Å². The summed E-state index contributed by atoms with van der Waals surface area (Å²) in [6.45, 7) is 1.58. The van der Waals surface area contributed by atoms with E-state index in [0.29, 0.717) is 16.1 Å². The molecule has 0 spiro atoms. The number of nitrogens with two attached hydrogens (primary N) is 1. The molecule has 0 heterocycles. The van der Waals surface area contributed by atoms with Crippen molar-refractivity contribution in [3.63, 3.8) is 0 Å². The SMILES string of the molecule is Cc1cc(C(N)c2ccc(I)c(Cl)c2)c(F)cc1F. The van der Waals surface area contributed by atoms with Crippen molar-refractivity contribution in [3.05, 3.63) is 67.2 Å². The summed E-state index contributed by atoms with van der Waals surface area (Å²) in [4.78, 5) is 0. The lowest BCUT2D eigenvalue weighted by atomic mass is 9.97. The quantitative estimate of drug-likeness (QED) is 0.743. The van der Waals surface area contributed by atoms with E-state index in [9.17, 15) is 8.78 Å². The molecule has 2 N–H and O–H groups in total. The fourth-order valence-electron chi connectivity index (χ4n) is 1.80. The summed E-state index contributed by atoms with van der Waals surface area (Å²) in [5, 5.41) is 0.563. The van der Waals surface area contributed by atoms with E-state index in [1.54, 1.807) is 19.1 Å². The lowest BCUT2D eigenvalue weighted by Gasteiger charge is -2.15. The summed E-state index contributed by atoms with van der Waals surface area (Å²) < 4.78 is 27.9. The van der Waals surface area contributed by atoms with E-state index in [2.05, 4.69) is 22.6 Å².